The van der Waals surface area contributed by atoms with E-state index in [4.69, 9.17) is 9.47 Å². The molecule has 0 rings (SSSR count). The second-order valence-electron chi connectivity index (χ2n) is 5.48. The molecule has 0 aromatic heterocycles. The summed E-state index contributed by atoms with van der Waals surface area (Å²) < 4.78 is 10.8. The third kappa shape index (κ3) is 15.0. The summed E-state index contributed by atoms with van der Waals surface area (Å²) in [5.41, 5.74) is -0.145. The highest BCUT2D eigenvalue weighted by Crippen LogP contribution is 2.05. The van der Waals surface area contributed by atoms with Crippen molar-refractivity contribution in [1.82, 2.24) is 5.32 Å². The first-order valence-corrected chi connectivity index (χ1v) is 6.79. The Morgan fingerprint density at radius 3 is 2.32 bits per heavy atom. The number of ketones is 1. The van der Waals surface area contributed by atoms with Gasteiger partial charge in [0, 0.05) is 19.4 Å². The van der Waals surface area contributed by atoms with Gasteiger partial charge in [-0.1, -0.05) is 0 Å². The van der Waals surface area contributed by atoms with Crippen molar-refractivity contribution in [2.45, 2.75) is 52.6 Å². The Balaban J connectivity index is 3.30. The molecule has 5 heteroatoms. The first-order valence-electron chi connectivity index (χ1n) is 6.79. The molecule has 0 aromatic rings. The van der Waals surface area contributed by atoms with Gasteiger partial charge in [0.05, 0.1) is 25.4 Å². The summed E-state index contributed by atoms with van der Waals surface area (Å²) in [4.78, 5) is 22.0. The number of rotatable bonds is 10. The number of carbonyl (C=O) groups is 2. The zero-order valence-electron chi connectivity index (χ0n) is 12.6. The number of amides is 1. The third-order valence-electron chi connectivity index (χ3n) is 2.26. The average molecular weight is 273 g/mol. The molecule has 0 unspecified atom stereocenters. The van der Waals surface area contributed by atoms with Crippen molar-refractivity contribution >= 4 is 11.7 Å². The lowest BCUT2D eigenvalue weighted by molar-refractivity contribution is -0.121. The molecule has 1 amide bonds. The average Bonchev–Trinajstić information content (AvgIpc) is 2.25. The molecule has 0 saturated carbocycles. The molecular weight excluding hydrogens is 246 g/mol. The lowest BCUT2D eigenvalue weighted by Crippen LogP contribution is -2.28. The topological polar surface area (TPSA) is 64.6 Å². The monoisotopic (exact) mass is 273 g/mol. The highest BCUT2D eigenvalue weighted by Gasteiger charge is 2.08. The highest BCUT2D eigenvalue weighted by molar-refractivity contribution is 5.78. The van der Waals surface area contributed by atoms with E-state index in [9.17, 15) is 9.59 Å². The molecule has 0 aromatic carbocycles. The quantitative estimate of drug-likeness (QED) is 0.615. The van der Waals surface area contributed by atoms with Gasteiger partial charge >= 0.3 is 0 Å². The molecular formula is C14H27NO4. The SMILES string of the molecule is CC(=O)CCCC(=O)NCCOCCOC(C)(C)C. The van der Waals surface area contributed by atoms with Crippen molar-refractivity contribution in [2.75, 3.05) is 26.4 Å². The number of carbonyl (C=O) groups excluding carboxylic acids is 2. The van der Waals surface area contributed by atoms with Gasteiger partial charge in [-0.05, 0) is 34.1 Å². The van der Waals surface area contributed by atoms with Gasteiger partial charge < -0.3 is 19.6 Å². The van der Waals surface area contributed by atoms with Crippen LogP contribution < -0.4 is 5.32 Å². The van der Waals surface area contributed by atoms with Gasteiger partial charge in [0.25, 0.3) is 0 Å². The number of Topliss-reactive ketones (excluding diaryl/α,β-unsaturated/α-hetero) is 1. The van der Waals surface area contributed by atoms with Gasteiger partial charge in [-0.2, -0.15) is 0 Å². The van der Waals surface area contributed by atoms with Crippen LogP contribution in [0.1, 0.15) is 47.0 Å². The van der Waals surface area contributed by atoms with Crippen LogP contribution in [0.15, 0.2) is 0 Å². The van der Waals surface area contributed by atoms with Crippen molar-refractivity contribution in [3.63, 3.8) is 0 Å². The summed E-state index contributed by atoms with van der Waals surface area (Å²) in [6.07, 6.45) is 1.47. The summed E-state index contributed by atoms with van der Waals surface area (Å²) in [5.74, 6) is 0.0887. The van der Waals surface area contributed by atoms with Crippen LogP contribution in [-0.4, -0.2) is 43.7 Å². The van der Waals surface area contributed by atoms with Crippen LogP contribution in [0.25, 0.3) is 0 Å². The second-order valence-corrected chi connectivity index (χ2v) is 5.48. The maximum Gasteiger partial charge on any atom is 0.220 e. The van der Waals surface area contributed by atoms with Crippen molar-refractivity contribution in [1.29, 1.82) is 0 Å². The fourth-order valence-corrected chi connectivity index (χ4v) is 1.36. The summed E-state index contributed by atoms with van der Waals surface area (Å²) in [5, 5.41) is 2.75. The van der Waals surface area contributed by atoms with Crippen LogP contribution >= 0.6 is 0 Å². The Morgan fingerprint density at radius 2 is 1.74 bits per heavy atom. The molecule has 5 nitrogen and oxygen atoms in total. The minimum Gasteiger partial charge on any atom is -0.377 e. The molecule has 19 heavy (non-hydrogen) atoms. The van der Waals surface area contributed by atoms with E-state index in [-0.39, 0.29) is 17.3 Å². The Bertz CT molecular complexity index is 271. The lowest BCUT2D eigenvalue weighted by atomic mass is 10.2. The predicted molar refractivity (Wildman–Crippen MR) is 74.1 cm³/mol. The van der Waals surface area contributed by atoms with Crippen LogP contribution in [0.2, 0.25) is 0 Å². The Morgan fingerprint density at radius 1 is 1.05 bits per heavy atom. The van der Waals surface area contributed by atoms with Gasteiger partial charge in [-0.15, -0.1) is 0 Å². The van der Waals surface area contributed by atoms with Gasteiger partial charge in [0.15, 0.2) is 0 Å². The maximum atomic E-state index is 11.3. The lowest BCUT2D eigenvalue weighted by Gasteiger charge is -2.19. The molecule has 0 radical (unpaired) electrons. The normalized spacial score (nSPS) is 11.4. The standard InChI is InChI=1S/C14H27NO4/c1-12(16)6-5-7-13(17)15-8-9-18-10-11-19-14(2,3)4/h5-11H2,1-4H3,(H,15,17). The van der Waals surface area contributed by atoms with E-state index in [2.05, 4.69) is 5.32 Å². The number of ether oxygens (including phenoxy) is 2. The second kappa shape index (κ2) is 9.92. The fraction of sp³-hybridized carbons (Fsp3) is 0.857. The summed E-state index contributed by atoms with van der Waals surface area (Å²) in [6, 6.07) is 0. The predicted octanol–water partition coefficient (Wildman–Crippen LogP) is 1.69. The van der Waals surface area contributed by atoms with Gasteiger partial charge in [-0.25, -0.2) is 0 Å². The summed E-state index contributed by atoms with van der Waals surface area (Å²) in [6.45, 7) is 9.57. The first kappa shape index (κ1) is 18.1. The molecule has 0 aliphatic carbocycles. The summed E-state index contributed by atoms with van der Waals surface area (Å²) >= 11 is 0. The Hall–Kier alpha value is -0.940. The molecule has 1 N–H and O–H groups in total. The first-order chi connectivity index (χ1) is 8.81. The molecule has 0 heterocycles. The van der Waals surface area contributed by atoms with E-state index >= 15 is 0 Å². The molecule has 0 saturated heterocycles. The van der Waals surface area contributed by atoms with Crippen molar-refractivity contribution < 1.29 is 19.1 Å². The van der Waals surface area contributed by atoms with E-state index in [1.54, 1.807) is 0 Å². The van der Waals surface area contributed by atoms with Crippen molar-refractivity contribution in [2.24, 2.45) is 0 Å². The molecule has 0 atom stereocenters. The molecule has 0 aliphatic heterocycles. The van der Waals surface area contributed by atoms with Crippen LogP contribution in [0.5, 0.6) is 0 Å². The minimum atomic E-state index is -0.145. The zero-order valence-corrected chi connectivity index (χ0v) is 12.6. The summed E-state index contributed by atoms with van der Waals surface area (Å²) in [7, 11) is 0. The Labute approximate surface area is 116 Å². The van der Waals surface area contributed by atoms with Crippen molar-refractivity contribution in [3.05, 3.63) is 0 Å². The van der Waals surface area contributed by atoms with Crippen LogP contribution in [0.3, 0.4) is 0 Å². The number of hydrogen-bond donors (Lipinski definition) is 1. The van der Waals surface area contributed by atoms with Crippen LogP contribution in [0, 0.1) is 0 Å². The minimum absolute atomic E-state index is 0.0317. The number of nitrogens with one attached hydrogen (secondary N) is 1. The van der Waals surface area contributed by atoms with Gasteiger partial charge in [-0.3, -0.25) is 4.79 Å². The van der Waals surface area contributed by atoms with E-state index in [0.29, 0.717) is 45.6 Å². The van der Waals surface area contributed by atoms with Crippen molar-refractivity contribution in [3.8, 4) is 0 Å². The molecule has 0 bridgehead atoms. The van der Waals surface area contributed by atoms with Gasteiger partial charge in [0.2, 0.25) is 5.91 Å². The van der Waals surface area contributed by atoms with E-state index in [0.717, 1.165) is 0 Å². The smallest absolute Gasteiger partial charge is 0.220 e. The molecule has 0 fully saturated rings. The van der Waals surface area contributed by atoms with E-state index < -0.39 is 0 Å². The highest BCUT2D eigenvalue weighted by atomic mass is 16.5. The molecule has 112 valence electrons. The fourth-order valence-electron chi connectivity index (χ4n) is 1.36. The number of hydrogen-bond acceptors (Lipinski definition) is 4. The van der Waals surface area contributed by atoms with Gasteiger partial charge in [0.1, 0.15) is 5.78 Å². The van der Waals surface area contributed by atoms with Crippen LogP contribution in [0.4, 0.5) is 0 Å². The maximum absolute atomic E-state index is 11.3. The Kier molecular flexibility index (Phi) is 9.43. The molecule has 0 spiro atoms. The largest absolute Gasteiger partial charge is 0.377 e. The van der Waals surface area contributed by atoms with E-state index in [1.165, 1.54) is 6.92 Å². The van der Waals surface area contributed by atoms with E-state index in [1.807, 2.05) is 20.8 Å². The molecule has 0 aliphatic rings. The zero-order chi connectivity index (χ0) is 14.7. The van der Waals surface area contributed by atoms with Crippen LogP contribution in [-0.2, 0) is 19.1 Å². The third-order valence-corrected chi connectivity index (χ3v) is 2.26.